The summed E-state index contributed by atoms with van der Waals surface area (Å²) in [6.45, 7) is 6.97. The van der Waals surface area contributed by atoms with Gasteiger partial charge in [0.2, 0.25) is 5.91 Å². The third-order valence-corrected chi connectivity index (χ3v) is 5.88. The van der Waals surface area contributed by atoms with Crippen LogP contribution in [-0.2, 0) is 10.2 Å². The molecule has 0 aliphatic heterocycles. The van der Waals surface area contributed by atoms with Gasteiger partial charge in [-0.1, -0.05) is 35.5 Å². The van der Waals surface area contributed by atoms with E-state index in [0.717, 1.165) is 29.1 Å². The van der Waals surface area contributed by atoms with E-state index in [2.05, 4.69) is 20.4 Å². The van der Waals surface area contributed by atoms with Gasteiger partial charge in [0.25, 0.3) is 0 Å². The highest BCUT2D eigenvalue weighted by Gasteiger charge is 2.31. The number of likely N-dealkylation sites (N-methyl/N-ethyl adjacent to an activating group) is 1. The van der Waals surface area contributed by atoms with Gasteiger partial charge in [0.05, 0.1) is 28.7 Å². The predicted octanol–water partition coefficient (Wildman–Crippen LogP) is 4.12. The molecular formula is C27H30N6O2. The lowest BCUT2D eigenvalue weighted by molar-refractivity contribution is -0.125. The number of hydrogen-bond acceptors (Lipinski definition) is 7. The number of nitrogens with zero attached hydrogens (tertiary/aromatic N) is 5. The van der Waals surface area contributed by atoms with Crippen LogP contribution in [0.4, 0.5) is 0 Å². The Hall–Kier alpha value is -3.91. The van der Waals surface area contributed by atoms with Gasteiger partial charge in [0.1, 0.15) is 11.4 Å². The van der Waals surface area contributed by atoms with Gasteiger partial charge in [-0.3, -0.25) is 14.8 Å². The standard InChI is InChI=1S/C27H30N6O2/c1-18-25(23-16-21(32-35-23)19-9-7-6-8-10-19)31-22(17-30-18)20-11-12-28-24(15-20)27(2,3)26(34)29-13-14-33(4)5/h6-12,15-17H,13-14H2,1-5H3,(H,29,34). The van der Waals surface area contributed by atoms with Crippen molar-refractivity contribution in [3.63, 3.8) is 0 Å². The minimum atomic E-state index is -0.807. The van der Waals surface area contributed by atoms with Crippen LogP contribution in [-0.4, -0.2) is 58.1 Å². The molecule has 0 spiro atoms. The number of carbonyl (C=O) groups excluding carboxylic acids is 1. The van der Waals surface area contributed by atoms with Crippen LogP contribution >= 0.6 is 0 Å². The number of aromatic nitrogens is 4. The topological polar surface area (TPSA) is 97.0 Å². The van der Waals surface area contributed by atoms with E-state index in [4.69, 9.17) is 9.51 Å². The second-order valence-corrected chi connectivity index (χ2v) is 9.25. The van der Waals surface area contributed by atoms with E-state index in [0.29, 0.717) is 29.4 Å². The molecule has 1 N–H and O–H groups in total. The summed E-state index contributed by atoms with van der Waals surface area (Å²) in [5, 5.41) is 7.21. The summed E-state index contributed by atoms with van der Waals surface area (Å²) in [4.78, 5) is 28.8. The zero-order chi connectivity index (χ0) is 25.0. The van der Waals surface area contributed by atoms with Crippen LogP contribution in [0.25, 0.3) is 34.0 Å². The van der Waals surface area contributed by atoms with E-state index in [-0.39, 0.29) is 5.91 Å². The van der Waals surface area contributed by atoms with Crippen molar-refractivity contribution in [2.75, 3.05) is 27.2 Å². The number of amides is 1. The number of rotatable bonds is 8. The fourth-order valence-electron chi connectivity index (χ4n) is 3.62. The van der Waals surface area contributed by atoms with E-state index in [1.165, 1.54) is 0 Å². The highest BCUT2D eigenvalue weighted by molar-refractivity contribution is 5.87. The Morgan fingerprint density at radius 3 is 2.54 bits per heavy atom. The van der Waals surface area contributed by atoms with Crippen LogP contribution < -0.4 is 5.32 Å². The molecule has 0 radical (unpaired) electrons. The predicted molar refractivity (Wildman–Crippen MR) is 136 cm³/mol. The molecule has 0 saturated carbocycles. The molecule has 0 fully saturated rings. The zero-order valence-corrected chi connectivity index (χ0v) is 20.7. The van der Waals surface area contributed by atoms with Gasteiger partial charge < -0.3 is 14.7 Å². The van der Waals surface area contributed by atoms with Crippen LogP contribution in [0, 0.1) is 6.92 Å². The van der Waals surface area contributed by atoms with Crippen LogP contribution in [0.5, 0.6) is 0 Å². The molecule has 1 aromatic carbocycles. The Bertz CT molecular complexity index is 1310. The Labute approximate surface area is 205 Å². The van der Waals surface area contributed by atoms with Crippen molar-refractivity contribution in [1.29, 1.82) is 0 Å². The van der Waals surface area contributed by atoms with Gasteiger partial charge in [-0.05, 0) is 47.0 Å². The second-order valence-electron chi connectivity index (χ2n) is 9.25. The first kappa shape index (κ1) is 24.2. The maximum absolute atomic E-state index is 12.9. The molecule has 3 heterocycles. The summed E-state index contributed by atoms with van der Waals surface area (Å²) < 4.78 is 5.62. The Morgan fingerprint density at radius 2 is 1.80 bits per heavy atom. The second kappa shape index (κ2) is 10.1. The van der Waals surface area contributed by atoms with Crippen molar-refractivity contribution in [2.45, 2.75) is 26.2 Å². The summed E-state index contributed by atoms with van der Waals surface area (Å²) in [6.07, 6.45) is 3.42. The molecule has 0 aliphatic rings. The van der Waals surface area contributed by atoms with E-state index >= 15 is 0 Å². The third kappa shape index (κ3) is 5.44. The number of benzene rings is 1. The molecule has 8 nitrogen and oxygen atoms in total. The summed E-state index contributed by atoms with van der Waals surface area (Å²) in [7, 11) is 3.95. The van der Waals surface area contributed by atoms with Gasteiger partial charge in [-0.25, -0.2) is 4.98 Å². The van der Waals surface area contributed by atoms with Crippen molar-refractivity contribution in [3.8, 4) is 34.0 Å². The summed E-state index contributed by atoms with van der Waals surface area (Å²) >= 11 is 0. The SMILES string of the molecule is Cc1ncc(-c2ccnc(C(C)(C)C(=O)NCCN(C)C)c2)nc1-c1cc(-c2ccccc2)no1. The minimum absolute atomic E-state index is 0.0743. The lowest BCUT2D eigenvalue weighted by Crippen LogP contribution is -2.43. The normalized spacial score (nSPS) is 11.6. The summed E-state index contributed by atoms with van der Waals surface area (Å²) in [5.41, 5.74) is 4.40. The van der Waals surface area contributed by atoms with Crippen LogP contribution in [0.1, 0.15) is 25.2 Å². The molecule has 0 aliphatic carbocycles. The molecule has 3 aromatic heterocycles. The molecule has 4 aromatic rings. The smallest absolute Gasteiger partial charge is 0.231 e. The van der Waals surface area contributed by atoms with Crippen molar-refractivity contribution in [1.82, 2.24) is 30.3 Å². The highest BCUT2D eigenvalue weighted by atomic mass is 16.5. The summed E-state index contributed by atoms with van der Waals surface area (Å²) in [6, 6.07) is 15.5. The van der Waals surface area contributed by atoms with Crippen LogP contribution in [0.15, 0.2) is 65.4 Å². The van der Waals surface area contributed by atoms with Crippen molar-refractivity contribution in [2.24, 2.45) is 0 Å². The number of aryl methyl sites for hydroxylation is 1. The van der Waals surface area contributed by atoms with Crippen molar-refractivity contribution < 1.29 is 9.32 Å². The minimum Gasteiger partial charge on any atom is -0.354 e. The first-order valence-corrected chi connectivity index (χ1v) is 11.5. The number of nitrogens with one attached hydrogen (secondary N) is 1. The van der Waals surface area contributed by atoms with E-state index in [1.807, 2.05) is 88.3 Å². The van der Waals surface area contributed by atoms with Gasteiger partial charge in [-0.2, -0.15) is 0 Å². The Kier molecular flexibility index (Phi) is 7.02. The molecule has 0 unspecified atom stereocenters. The molecule has 35 heavy (non-hydrogen) atoms. The van der Waals surface area contributed by atoms with Crippen LogP contribution in [0.3, 0.4) is 0 Å². The largest absolute Gasteiger partial charge is 0.354 e. The van der Waals surface area contributed by atoms with E-state index in [9.17, 15) is 4.79 Å². The lowest BCUT2D eigenvalue weighted by Gasteiger charge is -2.24. The molecule has 0 bridgehead atoms. The molecular weight excluding hydrogens is 440 g/mol. The molecule has 180 valence electrons. The highest BCUT2D eigenvalue weighted by Crippen LogP contribution is 2.30. The molecule has 0 saturated heterocycles. The monoisotopic (exact) mass is 470 g/mol. The lowest BCUT2D eigenvalue weighted by atomic mass is 9.86. The van der Waals surface area contributed by atoms with Crippen molar-refractivity contribution in [3.05, 3.63) is 72.3 Å². The first-order chi connectivity index (χ1) is 16.8. The zero-order valence-electron chi connectivity index (χ0n) is 20.7. The Morgan fingerprint density at radius 1 is 1.03 bits per heavy atom. The Balaban J connectivity index is 1.61. The van der Waals surface area contributed by atoms with Gasteiger partial charge in [0.15, 0.2) is 5.76 Å². The van der Waals surface area contributed by atoms with E-state index in [1.54, 1.807) is 12.4 Å². The average molecular weight is 471 g/mol. The van der Waals surface area contributed by atoms with Crippen molar-refractivity contribution >= 4 is 5.91 Å². The number of hydrogen-bond donors (Lipinski definition) is 1. The maximum atomic E-state index is 12.9. The first-order valence-electron chi connectivity index (χ1n) is 11.5. The van der Waals surface area contributed by atoms with Gasteiger partial charge >= 0.3 is 0 Å². The molecule has 8 heteroatoms. The molecule has 1 amide bonds. The van der Waals surface area contributed by atoms with Crippen LogP contribution in [0.2, 0.25) is 0 Å². The quantitative estimate of drug-likeness (QED) is 0.414. The molecule has 0 atom stereocenters. The fraction of sp³-hybridized carbons (Fsp3) is 0.296. The fourth-order valence-corrected chi connectivity index (χ4v) is 3.62. The maximum Gasteiger partial charge on any atom is 0.231 e. The number of carbonyl (C=O) groups is 1. The molecule has 4 rings (SSSR count). The number of pyridine rings is 1. The van der Waals surface area contributed by atoms with Gasteiger partial charge in [0, 0.05) is 36.5 Å². The van der Waals surface area contributed by atoms with Gasteiger partial charge in [-0.15, -0.1) is 0 Å². The average Bonchev–Trinajstić information content (AvgIpc) is 3.35. The summed E-state index contributed by atoms with van der Waals surface area (Å²) in [5.74, 6) is 0.473. The third-order valence-electron chi connectivity index (χ3n) is 5.88. The van der Waals surface area contributed by atoms with E-state index < -0.39 is 5.41 Å².